The van der Waals surface area contributed by atoms with Crippen molar-refractivity contribution >= 4 is 23.5 Å². The topological polar surface area (TPSA) is 55.8 Å². The number of carbonyl (C=O) groups excluding carboxylic acids is 2. The van der Waals surface area contributed by atoms with Gasteiger partial charge in [-0.3, -0.25) is 4.79 Å². The van der Waals surface area contributed by atoms with Crippen LogP contribution in [0, 0.1) is 0 Å². The molecule has 1 atom stereocenters. The van der Waals surface area contributed by atoms with Crippen molar-refractivity contribution in [2.24, 2.45) is 0 Å². The number of halogens is 1. The molecule has 1 fully saturated rings. The van der Waals surface area contributed by atoms with E-state index in [1.54, 1.807) is 23.1 Å². The number of ether oxygens (including phenoxy) is 2. The van der Waals surface area contributed by atoms with Gasteiger partial charge in [-0.05, 0) is 36.6 Å². The van der Waals surface area contributed by atoms with E-state index in [0.29, 0.717) is 29.3 Å². The molecule has 0 spiro atoms. The first-order valence-corrected chi connectivity index (χ1v) is 8.83. The Hall–Kier alpha value is -2.53. The predicted octanol–water partition coefficient (Wildman–Crippen LogP) is 3.70. The summed E-state index contributed by atoms with van der Waals surface area (Å²) in [5.41, 5.74) is 1.26. The van der Waals surface area contributed by atoms with Gasteiger partial charge in [0, 0.05) is 11.6 Å². The van der Waals surface area contributed by atoms with Crippen LogP contribution in [-0.4, -0.2) is 36.5 Å². The van der Waals surface area contributed by atoms with E-state index in [4.69, 9.17) is 21.1 Å². The van der Waals surface area contributed by atoms with Crippen molar-refractivity contribution in [3.8, 4) is 5.75 Å². The van der Waals surface area contributed by atoms with Crippen LogP contribution in [-0.2, 0) is 16.1 Å². The van der Waals surface area contributed by atoms with Crippen LogP contribution in [0.5, 0.6) is 5.75 Å². The zero-order chi connectivity index (χ0) is 18.5. The van der Waals surface area contributed by atoms with Gasteiger partial charge in [-0.15, -0.1) is 0 Å². The molecular weight excluding hydrogens is 354 g/mol. The molecule has 1 heterocycles. The SMILES string of the molecule is COc1ccc(Cl)cc1C(=O)N1CCCC1C(=O)OCc1ccccc1. The van der Waals surface area contributed by atoms with E-state index >= 15 is 0 Å². The van der Waals surface area contributed by atoms with Crippen LogP contribution in [0.15, 0.2) is 48.5 Å². The summed E-state index contributed by atoms with van der Waals surface area (Å²) in [7, 11) is 1.50. The molecule has 1 saturated heterocycles. The summed E-state index contributed by atoms with van der Waals surface area (Å²) in [5.74, 6) is -0.230. The molecule has 0 aromatic heterocycles. The van der Waals surface area contributed by atoms with E-state index in [1.165, 1.54) is 7.11 Å². The van der Waals surface area contributed by atoms with Gasteiger partial charge in [0.2, 0.25) is 0 Å². The molecule has 1 aliphatic rings. The normalized spacial score (nSPS) is 16.4. The van der Waals surface area contributed by atoms with Crippen molar-refractivity contribution < 1.29 is 19.1 Å². The molecule has 0 N–H and O–H groups in total. The van der Waals surface area contributed by atoms with Crippen molar-refractivity contribution in [2.75, 3.05) is 13.7 Å². The molecule has 0 radical (unpaired) electrons. The first-order chi connectivity index (χ1) is 12.6. The van der Waals surface area contributed by atoms with Crippen LogP contribution in [0.25, 0.3) is 0 Å². The third-order valence-electron chi connectivity index (χ3n) is 4.40. The lowest BCUT2D eigenvalue weighted by Gasteiger charge is -2.24. The second kappa shape index (κ2) is 8.23. The highest BCUT2D eigenvalue weighted by atomic mass is 35.5. The van der Waals surface area contributed by atoms with E-state index < -0.39 is 6.04 Å². The van der Waals surface area contributed by atoms with Gasteiger partial charge in [0.25, 0.3) is 5.91 Å². The lowest BCUT2D eigenvalue weighted by molar-refractivity contribution is -0.149. The summed E-state index contributed by atoms with van der Waals surface area (Å²) in [5, 5.41) is 0.441. The Morgan fingerprint density at radius 3 is 2.69 bits per heavy atom. The van der Waals surface area contributed by atoms with Crippen molar-refractivity contribution in [1.29, 1.82) is 0 Å². The Balaban J connectivity index is 1.72. The number of carbonyl (C=O) groups is 2. The summed E-state index contributed by atoms with van der Waals surface area (Å²) in [4.78, 5) is 27.0. The molecule has 0 aliphatic carbocycles. The minimum Gasteiger partial charge on any atom is -0.496 e. The largest absolute Gasteiger partial charge is 0.496 e. The minimum atomic E-state index is -0.588. The van der Waals surface area contributed by atoms with Crippen molar-refractivity contribution in [2.45, 2.75) is 25.5 Å². The molecule has 2 aromatic rings. The van der Waals surface area contributed by atoms with E-state index in [-0.39, 0.29) is 18.5 Å². The second-order valence-electron chi connectivity index (χ2n) is 6.09. The average Bonchev–Trinajstić information content (AvgIpc) is 3.16. The highest BCUT2D eigenvalue weighted by Crippen LogP contribution is 2.28. The molecule has 1 unspecified atom stereocenters. The maximum absolute atomic E-state index is 12.9. The number of hydrogen-bond donors (Lipinski definition) is 0. The molecule has 1 aliphatic heterocycles. The first-order valence-electron chi connectivity index (χ1n) is 8.45. The Morgan fingerprint density at radius 2 is 1.96 bits per heavy atom. The first kappa shape index (κ1) is 18.3. The highest BCUT2D eigenvalue weighted by molar-refractivity contribution is 6.31. The van der Waals surface area contributed by atoms with Crippen molar-refractivity contribution in [1.82, 2.24) is 4.90 Å². The van der Waals surface area contributed by atoms with E-state index in [0.717, 1.165) is 12.0 Å². The molecule has 1 amide bonds. The quantitative estimate of drug-likeness (QED) is 0.750. The Kier molecular flexibility index (Phi) is 5.78. The fourth-order valence-corrected chi connectivity index (χ4v) is 3.25. The van der Waals surface area contributed by atoms with Gasteiger partial charge in [0.05, 0.1) is 12.7 Å². The van der Waals surface area contributed by atoms with Gasteiger partial charge in [-0.1, -0.05) is 41.9 Å². The highest BCUT2D eigenvalue weighted by Gasteiger charge is 2.36. The van der Waals surface area contributed by atoms with E-state index in [2.05, 4.69) is 0 Å². The van der Waals surface area contributed by atoms with Crippen LogP contribution in [0.3, 0.4) is 0 Å². The average molecular weight is 374 g/mol. The molecule has 0 saturated carbocycles. The van der Waals surface area contributed by atoms with Gasteiger partial charge in [-0.25, -0.2) is 4.79 Å². The van der Waals surface area contributed by atoms with Crippen LogP contribution >= 0.6 is 11.6 Å². The standard InChI is InChI=1S/C20H20ClNO4/c1-25-18-10-9-15(21)12-16(18)19(23)22-11-5-8-17(22)20(24)26-13-14-6-3-2-4-7-14/h2-4,6-7,9-10,12,17H,5,8,11,13H2,1H3. The fourth-order valence-electron chi connectivity index (χ4n) is 3.08. The molecule has 136 valence electrons. The number of likely N-dealkylation sites (tertiary alicyclic amines) is 1. The Morgan fingerprint density at radius 1 is 1.19 bits per heavy atom. The number of amides is 1. The maximum atomic E-state index is 12.9. The van der Waals surface area contributed by atoms with Gasteiger partial charge in [-0.2, -0.15) is 0 Å². The molecular formula is C20H20ClNO4. The summed E-state index contributed by atoms with van der Waals surface area (Å²) in [6.07, 6.45) is 1.34. The van der Waals surface area contributed by atoms with E-state index in [1.807, 2.05) is 30.3 Å². The summed E-state index contributed by atoms with van der Waals surface area (Å²) < 4.78 is 10.7. The van der Waals surface area contributed by atoms with Crippen LogP contribution in [0.4, 0.5) is 0 Å². The number of rotatable bonds is 5. The molecule has 26 heavy (non-hydrogen) atoms. The van der Waals surface area contributed by atoms with Crippen LogP contribution in [0.2, 0.25) is 5.02 Å². The van der Waals surface area contributed by atoms with Gasteiger partial charge in [0.15, 0.2) is 0 Å². The van der Waals surface area contributed by atoms with Crippen molar-refractivity contribution in [3.63, 3.8) is 0 Å². The summed E-state index contributed by atoms with van der Waals surface area (Å²) in [6, 6.07) is 13.7. The Labute approximate surface area is 157 Å². The molecule has 6 heteroatoms. The second-order valence-corrected chi connectivity index (χ2v) is 6.53. The van der Waals surface area contributed by atoms with Crippen LogP contribution < -0.4 is 4.74 Å². The third-order valence-corrected chi connectivity index (χ3v) is 4.64. The lowest BCUT2D eigenvalue weighted by Crippen LogP contribution is -2.41. The number of nitrogens with zero attached hydrogens (tertiary/aromatic N) is 1. The minimum absolute atomic E-state index is 0.193. The predicted molar refractivity (Wildman–Crippen MR) is 98.3 cm³/mol. The number of hydrogen-bond acceptors (Lipinski definition) is 4. The summed E-state index contributed by atoms with van der Waals surface area (Å²) >= 11 is 6.02. The zero-order valence-electron chi connectivity index (χ0n) is 14.5. The van der Waals surface area contributed by atoms with E-state index in [9.17, 15) is 9.59 Å². The fraction of sp³-hybridized carbons (Fsp3) is 0.300. The maximum Gasteiger partial charge on any atom is 0.329 e. The molecule has 0 bridgehead atoms. The number of benzene rings is 2. The Bertz CT molecular complexity index is 794. The number of esters is 1. The lowest BCUT2D eigenvalue weighted by atomic mass is 10.1. The molecule has 5 nitrogen and oxygen atoms in total. The molecule has 2 aromatic carbocycles. The van der Waals surface area contributed by atoms with Gasteiger partial charge < -0.3 is 14.4 Å². The van der Waals surface area contributed by atoms with Crippen molar-refractivity contribution in [3.05, 3.63) is 64.7 Å². The third kappa shape index (κ3) is 3.99. The smallest absolute Gasteiger partial charge is 0.329 e. The van der Waals surface area contributed by atoms with Crippen LogP contribution in [0.1, 0.15) is 28.8 Å². The van der Waals surface area contributed by atoms with Gasteiger partial charge in [0.1, 0.15) is 18.4 Å². The summed E-state index contributed by atoms with van der Waals surface area (Å²) in [6.45, 7) is 0.693. The molecule has 3 rings (SSSR count). The monoisotopic (exact) mass is 373 g/mol. The van der Waals surface area contributed by atoms with Gasteiger partial charge >= 0.3 is 5.97 Å². The number of methoxy groups -OCH3 is 1. The zero-order valence-corrected chi connectivity index (χ0v) is 15.2.